The minimum atomic E-state index is -0.421. The number of nitrogens with one attached hydrogen (secondary N) is 2. The van der Waals surface area contributed by atoms with Crippen molar-refractivity contribution in [1.82, 2.24) is 5.32 Å². The Balaban J connectivity index is 1.80. The molecule has 118 valence electrons. The van der Waals surface area contributed by atoms with Gasteiger partial charge < -0.3 is 15.4 Å². The van der Waals surface area contributed by atoms with Gasteiger partial charge in [0.1, 0.15) is 11.2 Å². The highest BCUT2D eigenvalue weighted by Gasteiger charge is 2.04. The number of rotatable bonds is 5. The summed E-state index contributed by atoms with van der Waals surface area (Å²) in [5.74, 6) is 0.425. The first-order valence-electron chi connectivity index (χ1n) is 6.37. The standard InChI is InChI=1S/C15H11Cl2N3O2S/c16-10-1-6-14(13(17)7-10)22-9-19-15(21)20-11-2-4-12(5-3-11)23-8-18/h1-7H,9H2,(H2,19,20,21). The number of carbonyl (C=O) groups is 1. The molecule has 0 fully saturated rings. The Morgan fingerprint density at radius 3 is 2.61 bits per heavy atom. The van der Waals surface area contributed by atoms with Crippen LogP contribution in [0.1, 0.15) is 0 Å². The Kier molecular flexibility index (Phi) is 6.41. The van der Waals surface area contributed by atoms with Crippen LogP contribution in [0, 0.1) is 10.7 Å². The Bertz CT molecular complexity index is 732. The number of hydrogen-bond donors (Lipinski definition) is 2. The lowest BCUT2D eigenvalue weighted by Crippen LogP contribution is -2.32. The molecule has 0 aromatic heterocycles. The number of nitrogens with zero attached hydrogens (tertiary/aromatic N) is 1. The first kappa shape index (κ1) is 17.3. The lowest BCUT2D eigenvalue weighted by molar-refractivity contribution is 0.234. The van der Waals surface area contributed by atoms with Crippen LogP contribution in [0.15, 0.2) is 47.4 Å². The molecule has 8 heteroatoms. The van der Waals surface area contributed by atoms with Gasteiger partial charge in [-0.25, -0.2) is 4.79 Å². The van der Waals surface area contributed by atoms with Crippen LogP contribution in [0.2, 0.25) is 10.0 Å². The third kappa shape index (κ3) is 5.57. The Labute approximate surface area is 147 Å². The minimum absolute atomic E-state index is 0.0461. The van der Waals surface area contributed by atoms with E-state index >= 15 is 0 Å². The van der Waals surface area contributed by atoms with Gasteiger partial charge in [-0.1, -0.05) is 23.2 Å². The van der Waals surface area contributed by atoms with Crippen LogP contribution in [-0.2, 0) is 0 Å². The van der Waals surface area contributed by atoms with E-state index in [1.807, 2.05) is 5.40 Å². The Morgan fingerprint density at radius 1 is 1.22 bits per heavy atom. The van der Waals surface area contributed by atoms with Crippen molar-refractivity contribution in [3.8, 4) is 11.2 Å². The van der Waals surface area contributed by atoms with E-state index in [4.69, 9.17) is 33.2 Å². The second-order valence-corrected chi connectivity index (χ2v) is 5.91. The van der Waals surface area contributed by atoms with Gasteiger partial charge in [-0.05, 0) is 54.2 Å². The van der Waals surface area contributed by atoms with Crippen molar-refractivity contribution in [2.24, 2.45) is 0 Å². The molecule has 2 amide bonds. The van der Waals surface area contributed by atoms with Gasteiger partial charge in [-0.15, -0.1) is 0 Å². The minimum Gasteiger partial charge on any atom is -0.472 e. The van der Waals surface area contributed by atoms with Crippen molar-refractivity contribution in [2.45, 2.75) is 4.90 Å². The highest BCUT2D eigenvalue weighted by Crippen LogP contribution is 2.27. The monoisotopic (exact) mass is 367 g/mol. The molecule has 2 aromatic carbocycles. The zero-order chi connectivity index (χ0) is 16.7. The zero-order valence-corrected chi connectivity index (χ0v) is 14.0. The SMILES string of the molecule is N#CSc1ccc(NC(=O)NCOc2ccc(Cl)cc2Cl)cc1. The number of urea groups is 1. The number of ether oxygens (including phenoxy) is 1. The summed E-state index contributed by atoms with van der Waals surface area (Å²) < 4.78 is 5.35. The number of amides is 2. The highest BCUT2D eigenvalue weighted by atomic mass is 35.5. The fraction of sp³-hybridized carbons (Fsp3) is 0.0667. The summed E-state index contributed by atoms with van der Waals surface area (Å²) in [6.45, 7) is -0.0461. The van der Waals surface area contributed by atoms with Gasteiger partial charge in [0.2, 0.25) is 0 Å². The quantitative estimate of drug-likeness (QED) is 0.455. The predicted octanol–water partition coefficient (Wildman–Crippen LogP) is 4.72. The fourth-order valence-electron chi connectivity index (χ4n) is 1.61. The number of thiocyanates is 1. The third-order valence-electron chi connectivity index (χ3n) is 2.63. The number of carbonyl (C=O) groups excluding carboxylic acids is 1. The highest BCUT2D eigenvalue weighted by molar-refractivity contribution is 8.03. The zero-order valence-electron chi connectivity index (χ0n) is 11.7. The van der Waals surface area contributed by atoms with Crippen LogP contribution in [0.4, 0.5) is 10.5 Å². The van der Waals surface area contributed by atoms with E-state index in [1.165, 1.54) is 0 Å². The number of thioether (sulfide) groups is 1. The molecule has 0 aliphatic carbocycles. The third-order valence-corrected chi connectivity index (χ3v) is 3.76. The van der Waals surface area contributed by atoms with Crippen LogP contribution in [0.3, 0.4) is 0 Å². The van der Waals surface area contributed by atoms with Gasteiger partial charge >= 0.3 is 6.03 Å². The fourth-order valence-corrected chi connectivity index (χ4v) is 2.45. The number of benzene rings is 2. The number of nitriles is 1. The maximum absolute atomic E-state index is 11.7. The summed E-state index contributed by atoms with van der Waals surface area (Å²) in [5.41, 5.74) is 0.606. The normalized spacial score (nSPS) is 9.78. The molecule has 0 atom stereocenters. The molecular formula is C15H11Cl2N3O2S. The Hall–Kier alpha value is -2.07. The van der Waals surface area contributed by atoms with Gasteiger partial charge in [0.05, 0.1) is 5.02 Å². The molecule has 0 aliphatic heterocycles. The molecule has 0 heterocycles. The second kappa shape index (κ2) is 8.53. The van der Waals surface area contributed by atoms with E-state index in [9.17, 15) is 4.79 Å². The van der Waals surface area contributed by atoms with Crippen LogP contribution >= 0.6 is 35.0 Å². The van der Waals surface area contributed by atoms with Crippen molar-refractivity contribution in [2.75, 3.05) is 12.0 Å². The van der Waals surface area contributed by atoms with Crippen LogP contribution in [0.5, 0.6) is 5.75 Å². The number of hydrogen-bond acceptors (Lipinski definition) is 4. The summed E-state index contributed by atoms with van der Waals surface area (Å²) in [4.78, 5) is 12.5. The summed E-state index contributed by atoms with van der Waals surface area (Å²) in [5, 5.41) is 16.6. The van der Waals surface area contributed by atoms with Gasteiger partial charge in [-0.3, -0.25) is 0 Å². The molecule has 23 heavy (non-hydrogen) atoms. The first-order chi connectivity index (χ1) is 11.1. The summed E-state index contributed by atoms with van der Waals surface area (Å²) in [7, 11) is 0. The van der Waals surface area contributed by atoms with Crippen LogP contribution < -0.4 is 15.4 Å². The number of halogens is 2. The van der Waals surface area contributed by atoms with E-state index in [0.717, 1.165) is 16.7 Å². The van der Waals surface area contributed by atoms with E-state index in [1.54, 1.807) is 42.5 Å². The molecule has 0 unspecified atom stereocenters. The molecule has 0 spiro atoms. The predicted molar refractivity (Wildman–Crippen MR) is 92.0 cm³/mol. The molecule has 2 aromatic rings. The van der Waals surface area contributed by atoms with Crippen LogP contribution in [0.25, 0.3) is 0 Å². The largest absolute Gasteiger partial charge is 0.472 e. The molecule has 0 saturated heterocycles. The summed E-state index contributed by atoms with van der Waals surface area (Å²) in [6.07, 6.45) is 0. The van der Waals surface area contributed by atoms with Gasteiger partial charge in [0, 0.05) is 15.6 Å². The van der Waals surface area contributed by atoms with Gasteiger partial charge in [0.25, 0.3) is 0 Å². The topological polar surface area (TPSA) is 74.2 Å². The van der Waals surface area contributed by atoms with Crippen molar-refractivity contribution < 1.29 is 9.53 Å². The lowest BCUT2D eigenvalue weighted by Gasteiger charge is -2.10. The van der Waals surface area contributed by atoms with Crippen molar-refractivity contribution in [1.29, 1.82) is 5.26 Å². The van der Waals surface area contributed by atoms with E-state index in [2.05, 4.69) is 10.6 Å². The second-order valence-electron chi connectivity index (χ2n) is 4.21. The van der Waals surface area contributed by atoms with Gasteiger partial charge in [-0.2, -0.15) is 5.26 Å². The maximum atomic E-state index is 11.7. The lowest BCUT2D eigenvalue weighted by atomic mass is 10.3. The average molecular weight is 368 g/mol. The molecule has 0 radical (unpaired) electrons. The average Bonchev–Trinajstić information content (AvgIpc) is 2.52. The van der Waals surface area contributed by atoms with Crippen LogP contribution in [-0.4, -0.2) is 12.8 Å². The molecule has 0 saturated carbocycles. The maximum Gasteiger partial charge on any atom is 0.321 e. The summed E-state index contributed by atoms with van der Waals surface area (Å²) in [6, 6.07) is 11.3. The molecule has 5 nitrogen and oxygen atoms in total. The van der Waals surface area contributed by atoms with E-state index < -0.39 is 6.03 Å². The van der Waals surface area contributed by atoms with Crippen molar-refractivity contribution in [3.63, 3.8) is 0 Å². The van der Waals surface area contributed by atoms with E-state index in [-0.39, 0.29) is 6.73 Å². The van der Waals surface area contributed by atoms with Gasteiger partial charge in [0.15, 0.2) is 6.73 Å². The smallest absolute Gasteiger partial charge is 0.321 e. The van der Waals surface area contributed by atoms with Crippen molar-refractivity contribution in [3.05, 3.63) is 52.5 Å². The molecule has 0 bridgehead atoms. The molecule has 0 aliphatic rings. The summed E-state index contributed by atoms with van der Waals surface area (Å²) >= 11 is 12.8. The Morgan fingerprint density at radius 2 is 1.96 bits per heavy atom. The molecule has 2 rings (SSSR count). The molecular weight excluding hydrogens is 357 g/mol. The van der Waals surface area contributed by atoms with E-state index in [0.29, 0.717) is 21.5 Å². The van der Waals surface area contributed by atoms with Crippen molar-refractivity contribution >= 4 is 46.7 Å². The molecule has 2 N–H and O–H groups in total. The first-order valence-corrected chi connectivity index (χ1v) is 7.94. The number of anilines is 1.